The monoisotopic (exact) mass is 224 g/mol. The molecule has 1 aromatic rings. The Hall–Kier alpha value is -0.870. The topological polar surface area (TPSA) is 46.3 Å². The molecule has 1 unspecified atom stereocenters. The Morgan fingerprint density at radius 2 is 2.40 bits per heavy atom. The van der Waals surface area contributed by atoms with Crippen molar-refractivity contribution in [1.82, 2.24) is 4.90 Å². The Bertz CT molecular complexity index is 359. The molecule has 1 saturated heterocycles. The predicted octanol–water partition coefficient (Wildman–Crippen LogP) is 1.70. The highest BCUT2D eigenvalue weighted by atomic mass is 32.1. The Kier molecular flexibility index (Phi) is 2.56. The molecule has 0 saturated carbocycles. The molecular formula is C11H16N2OS. The maximum Gasteiger partial charge on any atom is 0.264 e. The number of nitrogens with two attached hydrogens (primary N) is 1. The van der Waals surface area contributed by atoms with Crippen LogP contribution in [-0.4, -0.2) is 28.9 Å². The number of likely N-dealkylation sites (tertiary alicyclic amines) is 1. The van der Waals surface area contributed by atoms with Crippen LogP contribution < -0.4 is 5.73 Å². The van der Waals surface area contributed by atoms with Gasteiger partial charge in [-0.1, -0.05) is 6.07 Å². The highest BCUT2D eigenvalue weighted by Gasteiger charge is 2.40. The second-order valence-corrected chi connectivity index (χ2v) is 5.62. The predicted molar refractivity (Wildman–Crippen MR) is 62.0 cm³/mol. The maximum absolute atomic E-state index is 12.2. The molecule has 0 radical (unpaired) electrons. The van der Waals surface area contributed by atoms with Crippen molar-refractivity contribution in [3.8, 4) is 0 Å². The second-order valence-electron chi connectivity index (χ2n) is 4.67. The minimum absolute atomic E-state index is 0.111. The molecule has 1 aliphatic heterocycles. The maximum atomic E-state index is 12.2. The zero-order chi connectivity index (χ0) is 11.1. The second kappa shape index (κ2) is 3.61. The lowest BCUT2D eigenvalue weighted by atomic mass is 10.0. The molecule has 2 heterocycles. The van der Waals surface area contributed by atoms with Crippen LogP contribution in [0.3, 0.4) is 0 Å². The molecule has 0 bridgehead atoms. The van der Waals surface area contributed by atoms with E-state index in [1.54, 1.807) is 0 Å². The van der Waals surface area contributed by atoms with Gasteiger partial charge in [0, 0.05) is 18.1 Å². The Balaban J connectivity index is 2.21. The first kappa shape index (κ1) is 10.6. The van der Waals surface area contributed by atoms with Crippen LogP contribution in [0, 0.1) is 0 Å². The van der Waals surface area contributed by atoms with Gasteiger partial charge in [-0.2, -0.15) is 0 Å². The summed E-state index contributed by atoms with van der Waals surface area (Å²) in [5, 5.41) is 1.93. The fourth-order valence-corrected chi connectivity index (χ4v) is 2.86. The first-order chi connectivity index (χ1) is 7.00. The van der Waals surface area contributed by atoms with Gasteiger partial charge in [0.15, 0.2) is 0 Å². The standard InChI is InChI=1S/C11H16N2OS/c1-11(2)6-8(12)7-13(11)10(14)9-4-3-5-15-9/h3-5,8H,6-7,12H2,1-2H3. The fraction of sp³-hybridized carbons (Fsp3) is 0.545. The molecule has 82 valence electrons. The van der Waals surface area contributed by atoms with Crippen LogP contribution in [-0.2, 0) is 0 Å². The Labute approximate surface area is 93.9 Å². The van der Waals surface area contributed by atoms with Gasteiger partial charge in [0.2, 0.25) is 0 Å². The number of hydrogen-bond acceptors (Lipinski definition) is 3. The summed E-state index contributed by atoms with van der Waals surface area (Å²) in [6.07, 6.45) is 0.879. The molecule has 1 atom stereocenters. The van der Waals surface area contributed by atoms with Gasteiger partial charge in [-0.05, 0) is 31.7 Å². The fourth-order valence-electron chi connectivity index (χ4n) is 2.19. The van der Waals surface area contributed by atoms with E-state index in [9.17, 15) is 4.79 Å². The SMILES string of the molecule is CC1(C)CC(N)CN1C(=O)c1cccs1. The summed E-state index contributed by atoms with van der Waals surface area (Å²) in [5.74, 6) is 0.114. The molecule has 2 rings (SSSR count). The van der Waals surface area contributed by atoms with Gasteiger partial charge in [-0.25, -0.2) is 0 Å². The van der Waals surface area contributed by atoms with Crippen LogP contribution in [0.5, 0.6) is 0 Å². The summed E-state index contributed by atoms with van der Waals surface area (Å²) in [7, 11) is 0. The molecule has 1 fully saturated rings. The average molecular weight is 224 g/mol. The highest BCUT2D eigenvalue weighted by Crippen LogP contribution is 2.30. The van der Waals surface area contributed by atoms with Crippen LogP contribution in [0.15, 0.2) is 17.5 Å². The lowest BCUT2D eigenvalue weighted by Crippen LogP contribution is -2.42. The van der Waals surface area contributed by atoms with Crippen LogP contribution >= 0.6 is 11.3 Å². The average Bonchev–Trinajstić information content (AvgIpc) is 2.71. The zero-order valence-corrected chi connectivity index (χ0v) is 9.88. The third kappa shape index (κ3) is 1.92. The number of carbonyl (C=O) groups excluding carboxylic acids is 1. The molecule has 1 aliphatic rings. The van der Waals surface area contributed by atoms with Gasteiger partial charge in [-0.15, -0.1) is 11.3 Å². The molecule has 4 heteroatoms. The smallest absolute Gasteiger partial charge is 0.264 e. The van der Waals surface area contributed by atoms with Crippen LogP contribution in [0.4, 0.5) is 0 Å². The Morgan fingerprint density at radius 1 is 1.67 bits per heavy atom. The molecule has 1 aromatic heterocycles. The van der Waals surface area contributed by atoms with E-state index in [2.05, 4.69) is 13.8 Å². The largest absolute Gasteiger partial charge is 0.331 e. The lowest BCUT2D eigenvalue weighted by molar-refractivity contribution is 0.0656. The van der Waals surface area contributed by atoms with E-state index in [1.165, 1.54) is 11.3 Å². The van der Waals surface area contributed by atoms with Gasteiger partial charge in [0.1, 0.15) is 0 Å². The van der Waals surface area contributed by atoms with E-state index in [4.69, 9.17) is 5.73 Å². The number of carbonyl (C=O) groups is 1. The minimum Gasteiger partial charge on any atom is -0.331 e. The lowest BCUT2D eigenvalue weighted by Gasteiger charge is -2.30. The van der Waals surface area contributed by atoms with E-state index < -0.39 is 0 Å². The van der Waals surface area contributed by atoms with Crippen molar-refractivity contribution in [3.05, 3.63) is 22.4 Å². The van der Waals surface area contributed by atoms with E-state index in [0.29, 0.717) is 6.54 Å². The number of nitrogens with zero attached hydrogens (tertiary/aromatic N) is 1. The third-order valence-corrected chi connectivity index (χ3v) is 3.74. The van der Waals surface area contributed by atoms with Crippen molar-refractivity contribution in [2.45, 2.75) is 31.8 Å². The van der Waals surface area contributed by atoms with Crippen molar-refractivity contribution in [2.24, 2.45) is 5.73 Å². The van der Waals surface area contributed by atoms with Crippen molar-refractivity contribution >= 4 is 17.2 Å². The van der Waals surface area contributed by atoms with E-state index in [1.807, 2.05) is 22.4 Å². The quantitative estimate of drug-likeness (QED) is 0.789. The van der Waals surface area contributed by atoms with Gasteiger partial charge >= 0.3 is 0 Å². The molecule has 0 aliphatic carbocycles. The van der Waals surface area contributed by atoms with Crippen molar-refractivity contribution in [3.63, 3.8) is 0 Å². The summed E-state index contributed by atoms with van der Waals surface area (Å²) >= 11 is 1.49. The summed E-state index contributed by atoms with van der Waals surface area (Å²) in [5.41, 5.74) is 5.79. The van der Waals surface area contributed by atoms with Gasteiger partial charge in [-0.3, -0.25) is 4.79 Å². The first-order valence-electron chi connectivity index (χ1n) is 5.12. The van der Waals surface area contributed by atoms with Crippen LogP contribution in [0.25, 0.3) is 0 Å². The van der Waals surface area contributed by atoms with E-state index >= 15 is 0 Å². The number of amides is 1. The molecule has 0 aromatic carbocycles. The minimum atomic E-state index is -0.111. The van der Waals surface area contributed by atoms with E-state index in [-0.39, 0.29) is 17.5 Å². The Morgan fingerprint density at radius 3 is 2.87 bits per heavy atom. The van der Waals surface area contributed by atoms with Gasteiger partial charge < -0.3 is 10.6 Å². The van der Waals surface area contributed by atoms with E-state index in [0.717, 1.165) is 11.3 Å². The molecule has 1 amide bonds. The summed E-state index contributed by atoms with van der Waals surface area (Å²) in [6, 6.07) is 3.89. The number of thiophene rings is 1. The summed E-state index contributed by atoms with van der Waals surface area (Å²) in [4.78, 5) is 14.8. The highest BCUT2D eigenvalue weighted by molar-refractivity contribution is 7.12. The zero-order valence-electron chi connectivity index (χ0n) is 9.06. The molecule has 3 nitrogen and oxygen atoms in total. The van der Waals surface area contributed by atoms with Crippen molar-refractivity contribution in [1.29, 1.82) is 0 Å². The third-order valence-electron chi connectivity index (χ3n) is 2.89. The number of hydrogen-bond donors (Lipinski definition) is 1. The van der Waals surface area contributed by atoms with Gasteiger partial charge in [0.25, 0.3) is 5.91 Å². The summed E-state index contributed by atoms with van der Waals surface area (Å²) in [6.45, 7) is 4.82. The molecular weight excluding hydrogens is 208 g/mol. The first-order valence-corrected chi connectivity index (χ1v) is 6.00. The van der Waals surface area contributed by atoms with Crippen LogP contribution in [0.1, 0.15) is 29.9 Å². The molecule has 2 N–H and O–H groups in total. The molecule has 15 heavy (non-hydrogen) atoms. The molecule has 0 spiro atoms. The number of rotatable bonds is 1. The van der Waals surface area contributed by atoms with Crippen molar-refractivity contribution in [2.75, 3.05) is 6.54 Å². The summed E-state index contributed by atoms with van der Waals surface area (Å²) < 4.78 is 0. The van der Waals surface area contributed by atoms with Crippen molar-refractivity contribution < 1.29 is 4.79 Å². The van der Waals surface area contributed by atoms with Gasteiger partial charge in [0.05, 0.1) is 4.88 Å². The normalized spacial score (nSPS) is 24.5. The van der Waals surface area contributed by atoms with Crippen LogP contribution in [0.2, 0.25) is 0 Å².